The summed E-state index contributed by atoms with van der Waals surface area (Å²) >= 11 is 3.29. The van der Waals surface area contributed by atoms with E-state index in [-0.39, 0.29) is 6.04 Å². The Hall–Kier alpha value is -0.890. The van der Waals surface area contributed by atoms with Crippen LogP contribution in [0, 0.1) is 11.3 Å². The summed E-state index contributed by atoms with van der Waals surface area (Å²) in [6, 6.07) is 7.28. The lowest BCUT2D eigenvalue weighted by Gasteiger charge is -2.09. The van der Waals surface area contributed by atoms with Crippen LogP contribution in [-0.4, -0.2) is 6.54 Å². The number of benzene rings is 1. The molecule has 3 nitrogen and oxygen atoms in total. The first kappa shape index (κ1) is 10.2. The summed E-state index contributed by atoms with van der Waals surface area (Å²) in [6.45, 7) is 0.401. The van der Waals surface area contributed by atoms with Crippen molar-refractivity contribution in [1.29, 1.82) is 5.26 Å². The van der Waals surface area contributed by atoms with Gasteiger partial charge in [0.15, 0.2) is 0 Å². The SMILES string of the molecule is N#Cc1ccc([C@@H](N)CN)cc1Br. The Morgan fingerprint density at radius 1 is 1.54 bits per heavy atom. The Balaban J connectivity index is 3.04. The normalized spacial score (nSPS) is 12.2. The van der Waals surface area contributed by atoms with Crippen LogP contribution in [0.3, 0.4) is 0 Å². The maximum atomic E-state index is 8.67. The molecule has 0 saturated carbocycles. The van der Waals surface area contributed by atoms with Crippen LogP contribution in [0.25, 0.3) is 0 Å². The van der Waals surface area contributed by atoms with E-state index in [0.717, 1.165) is 10.0 Å². The van der Waals surface area contributed by atoms with E-state index in [1.165, 1.54) is 0 Å². The molecule has 0 fully saturated rings. The number of nitrogens with zero attached hydrogens (tertiary/aromatic N) is 1. The molecule has 1 atom stereocenters. The first-order chi connectivity index (χ1) is 6.19. The van der Waals surface area contributed by atoms with E-state index in [0.29, 0.717) is 12.1 Å². The van der Waals surface area contributed by atoms with Gasteiger partial charge in [0.2, 0.25) is 0 Å². The molecule has 0 spiro atoms. The maximum Gasteiger partial charge on any atom is 0.100 e. The molecule has 0 aromatic heterocycles. The quantitative estimate of drug-likeness (QED) is 0.817. The number of nitriles is 1. The van der Waals surface area contributed by atoms with Crippen LogP contribution in [0.4, 0.5) is 0 Å². The summed E-state index contributed by atoms with van der Waals surface area (Å²) in [5, 5.41) is 8.67. The molecule has 0 radical (unpaired) electrons. The van der Waals surface area contributed by atoms with Crippen LogP contribution in [-0.2, 0) is 0 Å². The first-order valence-electron chi connectivity index (χ1n) is 3.84. The second-order valence-corrected chi connectivity index (χ2v) is 3.55. The monoisotopic (exact) mass is 239 g/mol. The van der Waals surface area contributed by atoms with Gasteiger partial charge in [0.25, 0.3) is 0 Å². The second kappa shape index (κ2) is 4.38. The van der Waals surface area contributed by atoms with Crippen molar-refractivity contribution < 1.29 is 0 Å². The minimum absolute atomic E-state index is 0.163. The number of halogens is 1. The standard InChI is InChI=1S/C9H10BrN3/c10-8-3-6(9(13)5-12)1-2-7(8)4-11/h1-3,9H,5,12-13H2/t9-/m0/s1. The van der Waals surface area contributed by atoms with Crippen LogP contribution in [0.1, 0.15) is 17.2 Å². The van der Waals surface area contributed by atoms with E-state index < -0.39 is 0 Å². The lowest BCUT2D eigenvalue weighted by Crippen LogP contribution is -2.20. The molecule has 1 rings (SSSR count). The van der Waals surface area contributed by atoms with Crippen molar-refractivity contribution in [2.75, 3.05) is 6.54 Å². The molecule has 0 aliphatic heterocycles. The predicted octanol–water partition coefficient (Wildman–Crippen LogP) is 1.28. The highest BCUT2D eigenvalue weighted by Gasteiger charge is 2.05. The van der Waals surface area contributed by atoms with Crippen LogP contribution >= 0.6 is 15.9 Å². The van der Waals surface area contributed by atoms with Gasteiger partial charge in [-0.05, 0) is 33.6 Å². The zero-order valence-corrected chi connectivity index (χ0v) is 8.58. The Bertz CT molecular complexity index is 343. The average Bonchev–Trinajstić information content (AvgIpc) is 2.16. The van der Waals surface area contributed by atoms with Gasteiger partial charge >= 0.3 is 0 Å². The Morgan fingerprint density at radius 3 is 2.69 bits per heavy atom. The summed E-state index contributed by atoms with van der Waals surface area (Å²) in [4.78, 5) is 0. The topological polar surface area (TPSA) is 75.8 Å². The third-order valence-electron chi connectivity index (χ3n) is 1.80. The number of hydrogen-bond acceptors (Lipinski definition) is 3. The van der Waals surface area contributed by atoms with Gasteiger partial charge in [-0.25, -0.2) is 0 Å². The molecule has 68 valence electrons. The summed E-state index contributed by atoms with van der Waals surface area (Å²) in [5.74, 6) is 0. The zero-order chi connectivity index (χ0) is 9.84. The van der Waals surface area contributed by atoms with Crippen LogP contribution < -0.4 is 11.5 Å². The van der Waals surface area contributed by atoms with Crippen LogP contribution in [0.2, 0.25) is 0 Å². The predicted molar refractivity (Wildman–Crippen MR) is 54.8 cm³/mol. The molecule has 13 heavy (non-hydrogen) atoms. The molecule has 0 amide bonds. The maximum absolute atomic E-state index is 8.67. The van der Waals surface area contributed by atoms with Gasteiger partial charge in [0, 0.05) is 17.1 Å². The fourth-order valence-corrected chi connectivity index (χ4v) is 1.47. The average molecular weight is 240 g/mol. The Morgan fingerprint density at radius 2 is 2.23 bits per heavy atom. The van der Waals surface area contributed by atoms with Crippen molar-refractivity contribution in [3.05, 3.63) is 33.8 Å². The van der Waals surface area contributed by atoms with Gasteiger partial charge < -0.3 is 11.5 Å². The Labute approximate surface area is 85.5 Å². The summed E-state index contributed by atoms with van der Waals surface area (Å²) in [5.41, 5.74) is 12.7. The number of nitrogens with two attached hydrogens (primary N) is 2. The first-order valence-corrected chi connectivity index (χ1v) is 4.63. The van der Waals surface area contributed by atoms with Crippen molar-refractivity contribution in [2.24, 2.45) is 11.5 Å². The molecular weight excluding hydrogens is 230 g/mol. The highest BCUT2D eigenvalue weighted by molar-refractivity contribution is 9.10. The van der Waals surface area contributed by atoms with Gasteiger partial charge in [-0.15, -0.1) is 0 Å². The van der Waals surface area contributed by atoms with E-state index in [4.69, 9.17) is 16.7 Å². The van der Waals surface area contributed by atoms with Crippen LogP contribution in [0.5, 0.6) is 0 Å². The van der Waals surface area contributed by atoms with E-state index >= 15 is 0 Å². The van der Waals surface area contributed by atoms with Crippen molar-refractivity contribution in [1.82, 2.24) is 0 Å². The van der Waals surface area contributed by atoms with Crippen molar-refractivity contribution >= 4 is 15.9 Å². The third-order valence-corrected chi connectivity index (χ3v) is 2.45. The molecule has 0 aliphatic rings. The van der Waals surface area contributed by atoms with E-state index in [1.54, 1.807) is 6.07 Å². The molecule has 0 heterocycles. The molecule has 0 aliphatic carbocycles. The van der Waals surface area contributed by atoms with Crippen molar-refractivity contribution in [2.45, 2.75) is 6.04 Å². The van der Waals surface area contributed by atoms with E-state index in [2.05, 4.69) is 22.0 Å². The van der Waals surface area contributed by atoms with Gasteiger partial charge in [-0.2, -0.15) is 5.26 Å². The highest BCUT2D eigenvalue weighted by atomic mass is 79.9. The molecular formula is C9H10BrN3. The van der Waals surface area contributed by atoms with Crippen molar-refractivity contribution in [3.63, 3.8) is 0 Å². The largest absolute Gasteiger partial charge is 0.329 e. The second-order valence-electron chi connectivity index (χ2n) is 2.69. The molecule has 0 unspecified atom stereocenters. The van der Waals surface area contributed by atoms with Gasteiger partial charge in [0.05, 0.1) is 5.56 Å². The zero-order valence-electron chi connectivity index (χ0n) is 7.00. The highest BCUT2D eigenvalue weighted by Crippen LogP contribution is 2.20. The molecule has 4 heteroatoms. The smallest absolute Gasteiger partial charge is 0.100 e. The number of hydrogen-bond donors (Lipinski definition) is 2. The van der Waals surface area contributed by atoms with E-state index in [1.807, 2.05) is 12.1 Å². The Kier molecular flexibility index (Phi) is 3.43. The molecule has 1 aromatic carbocycles. The minimum Gasteiger partial charge on any atom is -0.329 e. The molecule has 0 bridgehead atoms. The van der Waals surface area contributed by atoms with Gasteiger partial charge in [-0.1, -0.05) is 6.07 Å². The lowest BCUT2D eigenvalue weighted by molar-refractivity contribution is 0.736. The van der Waals surface area contributed by atoms with E-state index in [9.17, 15) is 0 Å². The van der Waals surface area contributed by atoms with Gasteiger partial charge in [-0.3, -0.25) is 0 Å². The molecule has 0 saturated heterocycles. The fourth-order valence-electron chi connectivity index (χ4n) is 0.989. The summed E-state index contributed by atoms with van der Waals surface area (Å²) in [6.07, 6.45) is 0. The summed E-state index contributed by atoms with van der Waals surface area (Å²) < 4.78 is 0.761. The fraction of sp³-hybridized carbons (Fsp3) is 0.222. The molecule has 1 aromatic rings. The van der Waals surface area contributed by atoms with Crippen molar-refractivity contribution in [3.8, 4) is 6.07 Å². The summed E-state index contributed by atoms with van der Waals surface area (Å²) in [7, 11) is 0. The lowest BCUT2D eigenvalue weighted by atomic mass is 10.1. The number of rotatable bonds is 2. The van der Waals surface area contributed by atoms with Gasteiger partial charge in [0.1, 0.15) is 6.07 Å². The molecule has 4 N–H and O–H groups in total. The third kappa shape index (κ3) is 2.28. The van der Waals surface area contributed by atoms with Crippen LogP contribution in [0.15, 0.2) is 22.7 Å². The minimum atomic E-state index is -0.163.